The van der Waals surface area contributed by atoms with Gasteiger partial charge < -0.3 is 23.7 Å². The summed E-state index contributed by atoms with van der Waals surface area (Å²) >= 11 is 0. The summed E-state index contributed by atoms with van der Waals surface area (Å²) in [6, 6.07) is 18.4. The highest BCUT2D eigenvalue weighted by Crippen LogP contribution is 2.55. The topological polar surface area (TPSA) is 83.5 Å². The smallest absolute Gasteiger partial charge is 0.310 e. The molecule has 8 heteroatoms. The predicted octanol–water partition coefficient (Wildman–Crippen LogP) is 4.92. The van der Waals surface area contributed by atoms with E-state index in [9.17, 15) is 9.59 Å². The number of hydrogen-bond donors (Lipinski definition) is 0. The number of nitrogens with zero attached hydrogens (tertiary/aromatic N) is 1. The van der Waals surface area contributed by atoms with Crippen LogP contribution in [0.25, 0.3) is 10.8 Å². The van der Waals surface area contributed by atoms with Gasteiger partial charge in [-0.15, -0.1) is 0 Å². The molecule has 4 atom stereocenters. The van der Waals surface area contributed by atoms with Crippen molar-refractivity contribution in [2.24, 2.45) is 5.92 Å². The Morgan fingerprint density at radius 3 is 2.64 bits per heavy atom. The molecule has 1 saturated heterocycles. The highest BCUT2D eigenvalue weighted by atomic mass is 16.7. The average molecular weight is 570 g/mol. The summed E-state index contributed by atoms with van der Waals surface area (Å²) in [4.78, 5) is 29.1. The number of rotatable bonds is 7. The molecule has 0 saturated carbocycles. The second-order valence-electron chi connectivity index (χ2n) is 11.7. The van der Waals surface area contributed by atoms with E-state index in [0.717, 1.165) is 60.0 Å². The third kappa shape index (κ3) is 4.49. The Balaban J connectivity index is 1.24. The van der Waals surface area contributed by atoms with E-state index >= 15 is 0 Å². The molecule has 7 rings (SSSR count). The number of methoxy groups -OCH3 is 2. The van der Waals surface area contributed by atoms with Gasteiger partial charge in [0.05, 0.1) is 38.0 Å². The van der Waals surface area contributed by atoms with E-state index in [2.05, 4.69) is 35.2 Å². The van der Waals surface area contributed by atoms with Crippen molar-refractivity contribution >= 4 is 22.7 Å². The highest BCUT2D eigenvalue weighted by molar-refractivity contribution is 5.84. The molecule has 1 aliphatic carbocycles. The van der Waals surface area contributed by atoms with Gasteiger partial charge >= 0.3 is 11.9 Å². The molecule has 1 fully saturated rings. The minimum atomic E-state index is -0.713. The lowest BCUT2D eigenvalue weighted by atomic mass is 9.77. The van der Waals surface area contributed by atoms with Gasteiger partial charge in [0.2, 0.25) is 6.79 Å². The SMILES string of the molecule is COC(=O)C[C@H](Cc1ccc2ccccc2c1)C(=O)O[C@@H]1C(OC)=C[C@]23CCCN2CCc2cc4c(cc2[C@H]13)OCO4. The van der Waals surface area contributed by atoms with Gasteiger partial charge in [0.1, 0.15) is 5.76 Å². The van der Waals surface area contributed by atoms with Crippen LogP contribution in [-0.2, 0) is 36.6 Å². The van der Waals surface area contributed by atoms with E-state index in [4.69, 9.17) is 23.7 Å². The van der Waals surface area contributed by atoms with E-state index in [1.54, 1.807) is 7.11 Å². The number of esters is 2. The highest BCUT2D eigenvalue weighted by Gasteiger charge is 2.58. The van der Waals surface area contributed by atoms with Crippen LogP contribution in [0.1, 0.15) is 41.9 Å². The van der Waals surface area contributed by atoms with Crippen molar-refractivity contribution in [2.45, 2.75) is 49.7 Å². The zero-order chi connectivity index (χ0) is 28.8. The second-order valence-corrected chi connectivity index (χ2v) is 11.7. The van der Waals surface area contributed by atoms with Crippen molar-refractivity contribution < 1.29 is 33.3 Å². The molecule has 0 unspecified atom stereocenters. The van der Waals surface area contributed by atoms with Crippen molar-refractivity contribution in [1.82, 2.24) is 4.90 Å². The van der Waals surface area contributed by atoms with Crippen LogP contribution in [0.3, 0.4) is 0 Å². The van der Waals surface area contributed by atoms with E-state index in [-0.39, 0.29) is 24.7 Å². The maximum atomic E-state index is 14.1. The molecule has 1 spiro atoms. The molecule has 8 nitrogen and oxygen atoms in total. The first-order valence-electron chi connectivity index (χ1n) is 14.7. The summed E-state index contributed by atoms with van der Waals surface area (Å²) < 4.78 is 28.8. The lowest BCUT2D eigenvalue weighted by Crippen LogP contribution is -2.47. The Morgan fingerprint density at radius 1 is 1.02 bits per heavy atom. The van der Waals surface area contributed by atoms with Crippen LogP contribution in [-0.4, -0.2) is 62.6 Å². The van der Waals surface area contributed by atoms with Crippen molar-refractivity contribution in [1.29, 1.82) is 0 Å². The van der Waals surface area contributed by atoms with Crippen LogP contribution in [0.2, 0.25) is 0 Å². The normalized spacial score (nSPS) is 24.7. The van der Waals surface area contributed by atoms with Crippen LogP contribution < -0.4 is 9.47 Å². The number of hydrogen-bond acceptors (Lipinski definition) is 8. The first kappa shape index (κ1) is 26.8. The molecule has 42 heavy (non-hydrogen) atoms. The van der Waals surface area contributed by atoms with Gasteiger partial charge in [-0.3, -0.25) is 14.5 Å². The Kier molecular flexibility index (Phi) is 6.81. The van der Waals surface area contributed by atoms with Crippen molar-refractivity contribution in [3.63, 3.8) is 0 Å². The van der Waals surface area contributed by atoms with Crippen LogP contribution in [0.5, 0.6) is 11.5 Å². The van der Waals surface area contributed by atoms with Crippen LogP contribution in [0, 0.1) is 5.92 Å². The summed E-state index contributed by atoms with van der Waals surface area (Å²) in [6.45, 7) is 2.06. The van der Waals surface area contributed by atoms with E-state index < -0.39 is 24.0 Å². The largest absolute Gasteiger partial charge is 0.497 e. The maximum absolute atomic E-state index is 14.1. The van der Waals surface area contributed by atoms with Gasteiger partial charge in [-0.05, 0) is 77.9 Å². The maximum Gasteiger partial charge on any atom is 0.310 e. The molecule has 4 aliphatic rings. The Morgan fingerprint density at radius 2 is 1.83 bits per heavy atom. The molecule has 3 heterocycles. The summed E-state index contributed by atoms with van der Waals surface area (Å²) in [6.07, 6.45) is 4.69. The number of ether oxygens (including phenoxy) is 5. The third-order valence-electron chi connectivity index (χ3n) is 9.48. The van der Waals surface area contributed by atoms with Crippen LogP contribution in [0.4, 0.5) is 0 Å². The standard InChI is InChI=1S/C34H35NO7/c1-38-29-19-34-11-5-12-35(34)13-10-24-16-27-28(41-20-40-27)18-26(24)31(34)32(29)42-33(37)25(17-30(36)39-2)15-21-8-9-22-6-3-4-7-23(22)14-21/h3-4,6-9,14,16,18-19,25,31-32H,5,10-13,15,17,20H2,1-2H3/t25-,31+,32+,34-/m0/s1. The molecular weight excluding hydrogens is 534 g/mol. The molecule has 0 amide bonds. The first-order chi connectivity index (χ1) is 20.5. The fourth-order valence-electron chi connectivity index (χ4n) is 7.49. The van der Waals surface area contributed by atoms with E-state index in [1.807, 2.05) is 30.3 Å². The van der Waals surface area contributed by atoms with E-state index in [1.165, 1.54) is 12.7 Å². The number of fused-ring (bicyclic) bond motifs is 4. The summed E-state index contributed by atoms with van der Waals surface area (Å²) in [5.41, 5.74) is 2.90. The molecule has 3 aromatic carbocycles. The lowest BCUT2D eigenvalue weighted by Gasteiger charge is -2.39. The molecule has 218 valence electrons. The van der Waals surface area contributed by atoms with Crippen LogP contribution in [0.15, 0.2) is 66.4 Å². The van der Waals surface area contributed by atoms with Gasteiger partial charge in [-0.1, -0.05) is 42.5 Å². The molecule has 3 aromatic rings. The monoisotopic (exact) mass is 569 g/mol. The van der Waals surface area contributed by atoms with Crippen molar-refractivity contribution in [3.8, 4) is 11.5 Å². The van der Waals surface area contributed by atoms with Gasteiger partial charge in [0.15, 0.2) is 17.6 Å². The molecule has 0 aromatic heterocycles. The predicted molar refractivity (Wildman–Crippen MR) is 155 cm³/mol. The number of carbonyl (C=O) groups is 2. The fourth-order valence-corrected chi connectivity index (χ4v) is 7.49. The Bertz CT molecular complexity index is 1580. The average Bonchev–Trinajstić information content (AvgIpc) is 3.70. The van der Waals surface area contributed by atoms with Crippen LogP contribution >= 0.6 is 0 Å². The summed E-state index contributed by atoms with van der Waals surface area (Å²) in [5, 5.41) is 2.20. The summed E-state index contributed by atoms with van der Waals surface area (Å²) in [7, 11) is 2.98. The Labute approximate surface area is 245 Å². The molecule has 3 aliphatic heterocycles. The summed E-state index contributed by atoms with van der Waals surface area (Å²) in [5.74, 6) is 0.344. The zero-order valence-corrected chi connectivity index (χ0v) is 24.0. The fraction of sp³-hybridized carbons (Fsp3) is 0.412. The number of carbonyl (C=O) groups excluding carboxylic acids is 2. The first-order valence-corrected chi connectivity index (χ1v) is 14.7. The zero-order valence-electron chi connectivity index (χ0n) is 24.0. The second kappa shape index (κ2) is 10.7. The molecule has 0 bridgehead atoms. The van der Waals surface area contributed by atoms with E-state index in [0.29, 0.717) is 17.9 Å². The lowest BCUT2D eigenvalue weighted by molar-refractivity contribution is -0.159. The van der Waals surface area contributed by atoms with Gasteiger partial charge in [-0.2, -0.15) is 0 Å². The molecular formula is C34H35NO7. The Hall–Kier alpha value is -4.04. The third-order valence-corrected chi connectivity index (χ3v) is 9.48. The van der Waals surface area contributed by atoms with Crippen molar-refractivity contribution in [3.05, 3.63) is 83.1 Å². The van der Waals surface area contributed by atoms with Gasteiger partial charge in [0.25, 0.3) is 0 Å². The molecule has 0 N–H and O–H groups in total. The quantitative estimate of drug-likeness (QED) is 0.371. The number of benzene rings is 3. The van der Waals surface area contributed by atoms with Gasteiger partial charge in [-0.25, -0.2) is 0 Å². The van der Waals surface area contributed by atoms with Gasteiger partial charge in [0, 0.05) is 6.54 Å². The minimum Gasteiger partial charge on any atom is -0.497 e. The minimum absolute atomic E-state index is 0.0713. The van der Waals surface area contributed by atoms with Crippen molar-refractivity contribution in [2.75, 3.05) is 34.1 Å². The molecule has 0 radical (unpaired) electrons.